The fourth-order valence-electron chi connectivity index (χ4n) is 2.56. The van der Waals surface area contributed by atoms with Crippen molar-refractivity contribution in [1.82, 2.24) is 14.6 Å². The molecule has 0 aliphatic rings. The fraction of sp³-hybridized carbons (Fsp3) is 0.0556. The molecule has 0 aliphatic carbocycles. The molecule has 0 radical (unpaired) electrons. The van der Waals surface area contributed by atoms with Gasteiger partial charge in [0.1, 0.15) is 11.4 Å². The molecule has 0 spiro atoms. The number of aromatic nitrogens is 3. The highest BCUT2D eigenvalue weighted by Gasteiger charge is 2.15. The molecule has 0 atom stereocenters. The van der Waals surface area contributed by atoms with Crippen LogP contribution in [0.2, 0.25) is 0 Å². The number of fused-ring (bicyclic) bond motifs is 1. The number of carbonyl (C=O) groups excluding carboxylic acids is 1. The fourth-order valence-corrected chi connectivity index (χ4v) is 2.56. The highest BCUT2D eigenvalue weighted by molar-refractivity contribution is 6.03. The highest BCUT2D eigenvalue weighted by Crippen LogP contribution is 2.21. The lowest BCUT2D eigenvalue weighted by Gasteiger charge is -2.07. The first-order valence-corrected chi connectivity index (χ1v) is 7.69. The molecule has 8 heteroatoms. The van der Waals surface area contributed by atoms with Crippen LogP contribution in [-0.2, 0) is 0 Å². The molecule has 3 heterocycles. The minimum absolute atomic E-state index is 0.130. The molecule has 6 nitrogen and oxygen atoms in total. The molecule has 0 aliphatic heterocycles. The number of hydrogen-bond acceptors (Lipinski definition) is 4. The number of amides is 1. The molecule has 130 valence electrons. The summed E-state index contributed by atoms with van der Waals surface area (Å²) >= 11 is 0. The van der Waals surface area contributed by atoms with Gasteiger partial charge in [0.05, 0.1) is 6.26 Å². The smallest absolute Gasteiger partial charge is 0.274 e. The summed E-state index contributed by atoms with van der Waals surface area (Å²) in [5.41, 5.74) is 2.00. The van der Waals surface area contributed by atoms with Gasteiger partial charge in [-0.2, -0.15) is 5.10 Å². The molecular weight excluding hydrogens is 342 g/mol. The Morgan fingerprint density at radius 3 is 2.73 bits per heavy atom. The molecule has 4 aromatic rings. The van der Waals surface area contributed by atoms with E-state index in [0.717, 1.165) is 12.1 Å². The molecular formula is C18H12F2N4O2. The van der Waals surface area contributed by atoms with E-state index >= 15 is 0 Å². The van der Waals surface area contributed by atoms with E-state index in [9.17, 15) is 13.6 Å². The molecule has 0 fully saturated rings. The number of hydrogen-bond donors (Lipinski definition) is 1. The Labute approximate surface area is 146 Å². The van der Waals surface area contributed by atoms with Gasteiger partial charge in [-0.1, -0.05) is 0 Å². The maximum absolute atomic E-state index is 13.3. The summed E-state index contributed by atoms with van der Waals surface area (Å²) in [5, 5.41) is 6.89. The van der Waals surface area contributed by atoms with E-state index in [1.54, 1.807) is 42.0 Å². The third kappa shape index (κ3) is 2.81. The van der Waals surface area contributed by atoms with Crippen molar-refractivity contribution in [3.63, 3.8) is 0 Å². The Hall–Kier alpha value is -3.55. The van der Waals surface area contributed by atoms with E-state index in [4.69, 9.17) is 4.42 Å². The van der Waals surface area contributed by atoms with Gasteiger partial charge in [-0.3, -0.25) is 4.79 Å². The van der Waals surface area contributed by atoms with Gasteiger partial charge in [0.25, 0.3) is 5.91 Å². The molecule has 0 bridgehead atoms. The average molecular weight is 354 g/mol. The van der Waals surface area contributed by atoms with Gasteiger partial charge >= 0.3 is 0 Å². The Bertz CT molecular complexity index is 1120. The second kappa shape index (κ2) is 6.07. The van der Waals surface area contributed by atoms with Crippen LogP contribution in [-0.4, -0.2) is 20.5 Å². The average Bonchev–Trinajstić information content (AvgIpc) is 3.27. The topological polar surface area (TPSA) is 72.4 Å². The third-order valence-corrected chi connectivity index (χ3v) is 3.79. The van der Waals surface area contributed by atoms with Gasteiger partial charge in [-0.25, -0.2) is 18.3 Å². The number of carbonyl (C=O) groups is 1. The summed E-state index contributed by atoms with van der Waals surface area (Å²) in [6.45, 7) is 1.78. The van der Waals surface area contributed by atoms with Crippen LogP contribution >= 0.6 is 0 Å². The number of aryl methyl sites for hydroxylation is 1. The Kier molecular flexibility index (Phi) is 3.72. The summed E-state index contributed by atoms with van der Waals surface area (Å²) in [5.74, 6) is -1.98. The molecule has 0 saturated heterocycles. The van der Waals surface area contributed by atoms with Gasteiger partial charge in [0, 0.05) is 23.5 Å². The van der Waals surface area contributed by atoms with Crippen LogP contribution in [0.1, 0.15) is 16.2 Å². The number of nitrogens with zero attached hydrogens (tertiary/aromatic N) is 3. The first kappa shape index (κ1) is 15.9. The molecule has 26 heavy (non-hydrogen) atoms. The Morgan fingerprint density at radius 2 is 2.00 bits per heavy atom. The molecule has 4 rings (SSSR count). The predicted octanol–water partition coefficient (Wildman–Crippen LogP) is 3.83. The SMILES string of the molecule is Cc1cc(C(=O)Nc2ccc(F)c(F)c2)nc2cc(-c3ccco3)nn12. The third-order valence-electron chi connectivity index (χ3n) is 3.79. The summed E-state index contributed by atoms with van der Waals surface area (Å²) < 4.78 is 33.2. The van der Waals surface area contributed by atoms with Gasteiger partial charge in [-0.15, -0.1) is 0 Å². The van der Waals surface area contributed by atoms with E-state index in [0.29, 0.717) is 22.8 Å². The monoisotopic (exact) mass is 354 g/mol. The summed E-state index contributed by atoms with van der Waals surface area (Å²) in [6.07, 6.45) is 1.54. The first-order chi connectivity index (χ1) is 12.5. The van der Waals surface area contributed by atoms with Gasteiger partial charge in [-0.05, 0) is 37.3 Å². The van der Waals surface area contributed by atoms with Crippen LogP contribution in [0.4, 0.5) is 14.5 Å². The van der Waals surface area contributed by atoms with E-state index in [-0.39, 0.29) is 11.4 Å². The number of anilines is 1. The number of rotatable bonds is 3. The number of furan rings is 1. The van der Waals surface area contributed by atoms with Crippen LogP contribution in [0.25, 0.3) is 17.1 Å². The maximum atomic E-state index is 13.3. The van der Waals surface area contributed by atoms with Crippen molar-refractivity contribution in [3.8, 4) is 11.5 Å². The maximum Gasteiger partial charge on any atom is 0.274 e. The standard InChI is InChI=1S/C18H12F2N4O2/c1-10-7-15(18(25)21-11-4-5-12(19)13(20)8-11)22-17-9-14(23-24(10)17)16-3-2-6-26-16/h2-9H,1H3,(H,21,25). The van der Waals surface area contributed by atoms with Crippen molar-refractivity contribution in [1.29, 1.82) is 0 Å². The summed E-state index contributed by atoms with van der Waals surface area (Å²) in [4.78, 5) is 16.7. The Balaban J connectivity index is 1.67. The molecule has 3 aromatic heterocycles. The molecule has 0 unspecified atom stereocenters. The summed E-state index contributed by atoms with van der Waals surface area (Å²) in [7, 11) is 0. The van der Waals surface area contributed by atoms with E-state index in [1.807, 2.05) is 0 Å². The minimum atomic E-state index is -1.04. The van der Waals surface area contributed by atoms with Crippen molar-refractivity contribution in [2.24, 2.45) is 0 Å². The van der Waals surface area contributed by atoms with Gasteiger partial charge in [0.2, 0.25) is 0 Å². The zero-order valence-corrected chi connectivity index (χ0v) is 13.5. The molecule has 0 saturated carbocycles. The molecule has 1 aromatic carbocycles. The predicted molar refractivity (Wildman–Crippen MR) is 89.7 cm³/mol. The zero-order valence-electron chi connectivity index (χ0n) is 13.5. The zero-order chi connectivity index (χ0) is 18.3. The van der Waals surface area contributed by atoms with Crippen molar-refractivity contribution in [2.75, 3.05) is 5.32 Å². The van der Waals surface area contributed by atoms with Gasteiger partial charge < -0.3 is 9.73 Å². The first-order valence-electron chi connectivity index (χ1n) is 7.69. The lowest BCUT2D eigenvalue weighted by atomic mass is 10.2. The van der Waals surface area contributed by atoms with Crippen LogP contribution in [0.3, 0.4) is 0 Å². The highest BCUT2D eigenvalue weighted by atomic mass is 19.2. The van der Waals surface area contributed by atoms with Crippen LogP contribution < -0.4 is 5.32 Å². The van der Waals surface area contributed by atoms with E-state index in [1.165, 1.54) is 6.07 Å². The quantitative estimate of drug-likeness (QED) is 0.607. The normalized spacial score (nSPS) is 11.0. The number of halogens is 2. The number of nitrogens with one attached hydrogen (secondary N) is 1. The summed E-state index contributed by atoms with van der Waals surface area (Å²) in [6, 6.07) is 9.90. The molecule has 1 N–H and O–H groups in total. The van der Waals surface area contributed by atoms with Crippen LogP contribution in [0, 0.1) is 18.6 Å². The lowest BCUT2D eigenvalue weighted by Crippen LogP contribution is -2.15. The second-order valence-corrected chi connectivity index (χ2v) is 5.64. The lowest BCUT2D eigenvalue weighted by molar-refractivity contribution is 0.102. The van der Waals surface area contributed by atoms with E-state index in [2.05, 4.69) is 15.4 Å². The largest absolute Gasteiger partial charge is 0.463 e. The van der Waals surface area contributed by atoms with E-state index < -0.39 is 17.5 Å². The van der Waals surface area contributed by atoms with Crippen LogP contribution in [0.15, 0.2) is 53.1 Å². The molecule has 1 amide bonds. The Morgan fingerprint density at radius 1 is 1.15 bits per heavy atom. The van der Waals surface area contributed by atoms with Crippen LogP contribution in [0.5, 0.6) is 0 Å². The van der Waals surface area contributed by atoms with Crippen molar-refractivity contribution < 1.29 is 18.0 Å². The van der Waals surface area contributed by atoms with Crippen molar-refractivity contribution in [2.45, 2.75) is 6.92 Å². The van der Waals surface area contributed by atoms with Crippen molar-refractivity contribution >= 4 is 17.2 Å². The number of benzene rings is 1. The minimum Gasteiger partial charge on any atom is -0.463 e. The second-order valence-electron chi connectivity index (χ2n) is 5.64. The van der Waals surface area contributed by atoms with Gasteiger partial charge in [0.15, 0.2) is 23.0 Å². The van der Waals surface area contributed by atoms with Crippen molar-refractivity contribution in [3.05, 3.63) is 71.8 Å².